The zero-order chi connectivity index (χ0) is 45.9. The third-order valence-corrected chi connectivity index (χ3v) is 20.8. The largest absolute Gasteiger partial charge is 0.309 e. The van der Waals surface area contributed by atoms with Crippen LogP contribution in [-0.4, -0.2) is 0 Å². The van der Waals surface area contributed by atoms with Gasteiger partial charge in [-0.15, -0.1) is 0 Å². The first-order chi connectivity index (χ1) is 34.7. The minimum Gasteiger partial charge on any atom is -0.309 e. The molecule has 5 aromatic carbocycles. The van der Waals surface area contributed by atoms with Crippen molar-refractivity contribution in [1.82, 2.24) is 0 Å². The molecule has 0 saturated heterocycles. The van der Waals surface area contributed by atoms with Crippen LogP contribution in [0.15, 0.2) is 96.1 Å². The molecule has 6 saturated carbocycles. The van der Waals surface area contributed by atoms with Crippen LogP contribution in [0.25, 0.3) is 11.1 Å². The molecule has 6 heterocycles. The van der Waals surface area contributed by atoms with E-state index in [1.54, 1.807) is 67.0 Å². The van der Waals surface area contributed by atoms with Gasteiger partial charge in [-0.2, -0.15) is 0 Å². The molecule has 12 aliphatic rings. The van der Waals surface area contributed by atoms with Crippen molar-refractivity contribution in [3.05, 3.63) is 152 Å². The molecule has 6 fully saturated rings. The van der Waals surface area contributed by atoms with Crippen molar-refractivity contribution in [2.45, 2.75) is 215 Å². The van der Waals surface area contributed by atoms with Gasteiger partial charge in [-0.3, -0.25) is 0 Å². The SMILES string of the molecule is c1ccc2c(c1)C1=C3CCC(CC3)c3cc(C4CCCCC4)cc(C4CCCCC4)c3N3c4ccccc4C4=C5CCC(CC5)c5cc(C6CCCCC6)cc(C6CCCCC6)c5N2c2cc4c3cc21. The molecule has 17 rings (SSSR count). The normalized spacial score (nSPS) is 24.6. The van der Waals surface area contributed by atoms with Gasteiger partial charge in [0.1, 0.15) is 0 Å². The molecular weight excluding hydrogens is 845 g/mol. The summed E-state index contributed by atoms with van der Waals surface area (Å²) in [6, 6.07) is 36.7. The lowest BCUT2D eigenvalue weighted by molar-refractivity contribution is 0.434. The van der Waals surface area contributed by atoms with E-state index in [4.69, 9.17) is 0 Å². The van der Waals surface area contributed by atoms with Gasteiger partial charge in [0.15, 0.2) is 0 Å². The number of allylic oxidation sites excluding steroid dienone is 2. The van der Waals surface area contributed by atoms with Gasteiger partial charge in [-0.05, 0) is 207 Å². The number of benzene rings is 5. The molecule has 2 heteroatoms. The Labute approximate surface area is 420 Å². The predicted octanol–water partition coefficient (Wildman–Crippen LogP) is 20.4. The summed E-state index contributed by atoms with van der Waals surface area (Å²) in [5.41, 5.74) is 31.8. The number of para-hydroxylation sites is 2. The number of rotatable bonds is 4. The van der Waals surface area contributed by atoms with Crippen molar-refractivity contribution < 1.29 is 0 Å². The van der Waals surface area contributed by atoms with Gasteiger partial charge >= 0.3 is 0 Å². The highest BCUT2D eigenvalue weighted by molar-refractivity contribution is 6.10. The summed E-state index contributed by atoms with van der Waals surface area (Å²) in [4.78, 5) is 5.88. The summed E-state index contributed by atoms with van der Waals surface area (Å²) >= 11 is 0. The zero-order valence-electron chi connectivity index (χ0n) is 42.2. The summed E-state index contributed by atoms with van der Waals surface area (Å²) in [7, 11) is 0. The lowest BCUT2D eigenvalue weighted by atomic mass is 9.72. The van der Waals surface area contributed by atoms with E-state index in [0.717, 1.165) is 0 Å². The van der Waals surface area contributed by atoms with E-state index < -0.39 is 0 Å². The third-order valence-electron chi connectivity index (χ3n) is 20.8. The average Bonchev–Trinajstić information content (AvgIpc) is 3.49. The van der Waals surface area contributed by atoms with Crippen LogP contribution in [-0.2, 0) is 0 Å². The fourth-order valence-corrected chi connectivity index (χ4v) is 17.3. The maximum atomic E-state index is 2.94. The van der Waals surface area contributed by atoms with Crippen LogP contribution in [0, 0.1) is 0 Å². The first-order valence-electron chi connectivity index (χ1n) is 29.5. The van der Waals surface area contributed by atoms with E-state index in [1.165, 1.54) is 225 Å². The Morgan fingerprint density at radius 2 is 0.600 bits per heavy atom. The van der Waals surface area contributed by atoms with Crippen molar-refractivity contribution in [1.29, 1.82) is 0 Å². The fraction of sp³-hybridized carbons (Fsp3) is 0.500. The van der Waals surface area contributed by atoms with Crippen molar-refractivity contribution in [3.8, 4) is 0 Å². The molecule has 5 aromatic rings. The third kappa shape index (κ3) is 6.83. The molecule has 0 atom stereocenters. The Bertz CT molecular complexity index is 2730. The van der Waals surface area contributed by atoms with Gasteiger partial charge < -0.3 is 9.80 Å². The molecule has 0 unspecified atom stereocenters. The number of hydrogen-bond acceptors (Lipinski definition) is 2. The second kappa shape index (κ2) is 17.4. The van der Waals surface area contributed by atoms with Crippen molar-refractivity contribution in [3.63, 3.8) is 0 Å². The van der Waals surface area contributed by atoms with Gasteiger partial charge in [0, 0.05) is 22.3 Å². The van der Waals surface area contributed by atoms with Gasteiger partial charge in [-0.1, -0.05) is 149 Å². The van der Waals surface area contributed by atoms with Crippen LogP contribution < -0.4 is 9.80 Å². The standard InChI is InChI=1S/C68H76N2/c1-5-17-43(18-6-1)51-37-55(45-21-9-3-10-22-45)67-57(39-51)47-29-33-49(34-30-47)65-54-26-14-16-28-62(54)70-64-42-59-63(41-60(64)65)69(67)61-27-15-13-25-53(61)66(59)50-35-31-48(32-36-50)58-40-52(44-19-7-2-8-20-44)38-56(68(58)70)46-23-11-4-12-24-46/h13-16,25-28,37-48H,1-12,17-24,29-36H2. The number of fused-ring (bicyclic) bond motifs is 6. The predicted molar refractivity (Wildman–Crippen MR) is 294 cm³/mol. The fourth-order valence-electron chi connectivity index (χ4n) is 17.3. The first-order valence-corrected chi connectivity index (χ1v) is 29.5. The van der Waals surface area contributed by atoms with Crippen molar-refractivity contribution in [2.24, 2.45) is 0 Å². The maximum Gasteiger partial charge on any atom is 0.0548 e. The Morgan fingerprint density at radius 3 is 0.957 bits per heavy atom. The second-order valence-corrected chi connectivity index (χ2v) is 24.5. The van der Waals surface area contributed by atoms with Crippen molar-refractivity contribution >= 4 is 45.3 Å². The highest BCUT2D eigenvalue weighted by Crippen LogP contribution is 2.64. The minimum absolute atomic E-state index is 0.566. The zero-order valence-corrected chi connectivity index (χ0v) is 42.2. The lowest BCUT2D eigenvalue weighted by Crippen LogP contribution is -2.26. The highest BCUT2D eigenvalue weighted by Gasteiger charge is 2.43. The summed E-state index contributed by atoms with van der Waals surface area (Å²) in [6.07, 6.45) is 37.2. The molecule has 358 valence electrons. The van der Waals surface area contributed by atoms with Crippen LogP contribution in [0.5, 0.6) is 0 Å². The Morgan fingerprint density at radius 1 is 0.286 bits per heavy atom. The number of anilines is 6. The Hall–Kier alpha value is -4.82. The van der Waals surface area contributed by atoms with Crippen molar-refractivity contribution in [2.75, 3.05) is 9.80 Å². The second-order valence-electron chi connectivity index (χ2n) is 24.5. The smallest absolute Gasteiger partial charge is 0.0548 e. The van der Waals surface area contributed by atoms with E-state index in [9.17, 15) is 0 Å². The molecule has 8 bridgehead atoms. The Balaban J connectivity index is 1.06. The summed E-state index contributed by atoms with van der Waals surface area (Å²) in [6.45, 7) is 0. The maximum absolute atomic E-state index is 2.94. The van der Waals surface area contributed by atoms with E-state index in [-0.39, 0.29) is 0 Å². The molecule has 6 aliphatic carbocycles. The van der Waals surface area contributed by atoms with Crippen LogP contribution >= 0.6 is 0 Å². The first kappa shape index (κ1) is 42.8. The van der Waals surface area contributed by atoms with Gasteiger partial charge in [0.05, 0.1) is 34.1 Å². The molecule has 0 radical (unpaired) electrons. The van der Waals surface area contributed by atoms with Gasteiger partial charge in [0.2, 0.25) is 0 Å². The lowest BCUT2D eigenvalue weighted by Gasteiger charge is -2.43. The van der Waals surface area contributed by atoms with Crippen LogP contribution in [0.3, 0.4) is 0 Å². The highest BCUT2D eigenvalue weighted by atomic mass is 15.2. The topological polar surface area (TPSA) is 6.48 Å². The molecule has 0 spiro atoms. The minimum atomic E-state index is 0.566. The monoisotopic (exact) mass is 921 g/mol. The molecule has 6 aliphatic heterocycles. The molecular formula is C68H76N2. The van der Waals surface area contributed by atoms with Gasteiger partial charge in [0.25, 0.3) is 0 Å². The van der Waals surface area contributed by atoms with Crippen LogP contribution in [0.2, 0.25) is 0 Å². The number of hydrogen-bond donors (Lipinski definition) is 0. The Kier molecular flexibility index (Phi) is 10.7. The summed E-state index contributed by atoms with van der Waals surface area (Å²) < 4.78 is 0. The van der Waals surface area contributed by atoms with Gasteiger partial charge in [-0.25, -0.2) is 0 Å². The van der Waals surface area contributed by atoms with E-state index in [1.807, 2.05) is 0 Å². The molecule has 0 amide bonds. The number of nitrogens with zero attached hydrogens (tertiary/aromatic N) is 2. The van der Waals surface area contributed by atoms with E-state index in [2.05, 4.69) is 94.7 Å². The average molecular weight is 921 g/mol. The van der Waals surface area contributed by atoms with E-state index >= 15 is 0 Å². The molecule has 0 aromatic heterocycles. The summed E-state index contributed by atoms with van der Waals surface area (Å²) in [5.74, 6) is 3.79. The van der Waals surface area contributed by atoms with Crippen LogP contribution in [0.1, 0.15) is 271 Å². The molecule has 70 heavy (non-hydrogen) atoms. The quantitative estimate of drug-likeness (QED) is 0.174. The van der Waals surface area contributed by atoms with E-state index in [0.29, 0.717) is 35.5 Å². The summed E-state index contributed by atoms with van der Waals surface area (Å²) in [5, 5.41) is 0. The molecule has 0 N–H and O–H groups in total. The van der Waals surface area contributed by atoms with Crippen LogP contribution in [0.4, 0.5) is 34.1 Å². The molecule has 2 nitrogen and oxygen atoms in total.